The molecule has 0 bridgehead atoms. The fourth-order valence-corrected chi connectivity index (χ4v) is 0.578. The summed E-state index contributed by atoms with van der Waals surface area (Å²) in [6, 6.07) is 0. The lowest BCUT2D eigenvalue weighted by Crippen LogP contribution is -2.12. The van der Waals surface area contributed by atoms with E-state index in [0.717, 1.165) is 0 Å². The van der Waals surface area contributed by atoms with Crippen LogP contribution in [0.5, 0.6) is 0 Å². The van der Waals surface area contributed by atoms with Gasteiger partial charge in [0.25, 0.3) is 0 Å². The number of Topliss-reactive ketones (excluding diaryl/α,β-unsaturated/α-hetero) is 1. The van der Waals surface area contributed by atoms with Crippen LogP contribution in [0.2, 0.25) is 0 Å². The van der Waals surface area contributed by atoms with Crippen molar-refractivity contribution in [2.24, 2.45) is 5.41 Å². The van der Waals surface area contributed by atoms with Crippen LogP contribution in [0.4, 0.5) is 4.39 Å². The Kier molecular flexibility index (Phi) is 2.76. The van der Waals surface area contributed by atoms with Gasteiger partial charge in [-0.1, -0.05) is 27.4 Å². The largest absolute Gasteiger partial charge is 0.292 e. The molecule has 58 valence electrons. The van der Waals surface area contributed by atoms with Gasteiger partial charge >= 0.3 is 0 Å². The maximum atomic E-state index is 12.1. The van der Waals surface area contributed by atoms with Crippen molar-refractivity contribution >= 4 is 5.78 Å². The highest BCUT2D eigenvalue weighted by molar-refractivity contribution is 5.92. The van der Waals surface area contributed by atoms with E-state index in [2.05, 4.69) is 6.58 Å². The van der Waals surface area contributed by atoms with Gasteiger partial charge in [0.05, 0.1) is 0 Å². The molecule has 0 heterocycles. The van der Waals surface area contributed by atoms with Crippen LogP contribution in [0, 0.1) is 5.41 Å². The number of rotatable bonds is 2. The monoisotopic (exact) mass is 144 g/mol. The molecular weight excluding hydrogens is 131 g/mol. The average Bonchev–Trinajstić information content (AvgIpc) is 1.60. The van der Waals surface area contributed by atoms with Crippen LogP contribution < -0.4 is 0 Å². The summed E-state index contributed by atoms with van der Waals surface area (Å²) in [7, 11) is 0. The van der Waals surface area contributed by atoms with Crippen molar-refractivity contribution < 1.29 is 9.18 Å². The predicted molar refractivity (Wildman–Crippen MR) is 39.3 cm³/mol. The van der Waals surface area contributed by atoms with Crippen LogP contribution in [0.15, 0.2) is 12.4 Å². The van der Waals surface area contributed by atoms with Crippen LogP contribution in [0.25, 0.3) is 0 Å². The Hall–Kier alpha value is -0.660. The summed E-state index contributed by atoms with van der Waals surface area (Å²) in [5, 5.41) is 0. The summed E-state index contributed by atoms with van der Waals surface area (Å²) in [6.45, 7) is 8.57. The van der Waals surface area contributed by atoms with Gasteiger partial charge in [0.15, 0.2) is 11.6 Å². The smallest absolute Gasteiger partial charge is 0.191 e. The normalized spacial score (nSPS) is 11.2. The first-order chi connectivity index (χ1) is 4.33. The Bertz CT molecular complexity index is 153. The molecule has 0 fully saturated rings. The quantitative estimate of drug-likeness (QED) is 0.544. The third-order valence-corrected chi connectivity index (χ3v) is 0.993. The molecule has 0 aromatic rings. The lowest BCUT2D eigenvalue weighted by atomic mass is 9.90. The van der Waals surface area contributed by atoms with E-state index in [0.29, 0.717) is 0 Å². The Morgan fingerprint density at radius 3 is 2.00 bits per heavy atom. The van der Waals surface area contributed by atoms with Crippen LogP contribution in [0.1, 0.15) is 27.2 Å². The summed E-state index contributed by atoms with van der Waals surface area (Å²) in [5.74, 6) is -1.33. The van der Waals surface area contributed by atoms with Crippen molar-refractivity contribution in [3.8, 4) is 0 Å². The van der Waals surface area contributed by atoms with Crippen molar-refractivity contribution in [3.63, 3.8) is 0 Å². The minimum absolute atomic E-state index is 0.147. The zero-order valence-electron chi connectivity index (χ0n) is 6.70. The third kappa shape index (κ3) is 4.24. The van der Waals surface area contributed by atoms with E-state index in [4.69, 9.17) is 0 Å². The number of hydrogen-bond donors (Lipinski definition) is 0. The van der Waals surface area contributed by atoms with Crippen molar-refractivity contribution in [1.82, 2.24) is 0 Å². The predicted octanol–water partition coefficient (Wildman–Crippen LogP) is 2.47. The second-order valence-corrected chi connectivity index (χ2v) is 3.57. The van der Waals surface area contributed by atoms with Crippen molar-refractivity contribution in [1.29, 1.82) is 0 Å². The second kappa shape index (κ2) is 2.95. The summed E-state index contributed by atoms with van der Waals surface area (Å²) in [5.41, 5.74) is -0.147. The molecule has 0 radical (unpaired) electrons. The van der Waals surface area contributed by atoms with E-state index < -0.39 is 11.6 Å². The van der Waals surface area contributed by atoms with Gasteiger partial charge in [0.1, 0.15) is 0 Å². The molecule has 0 aliphatic rings. The van der Waals surface area contributed by atoms with E-state index in [1.807, 2.05) is 20.8 Å². The molecule has 0 saturated heterocycles. The maximum Gasteiger partial charge on any atom is 0.191 e. The van der Waals surface area contributed by atoms with Gasteiger partial charge in [0.2, 0.25) is 0 Å². The highest BCUT2D eigenvalue weighted by atomic mass is 19.1. The van der Waals surface area contributed by atoms with Gasteiger partial charge in [-0.3, -0.25) is 4.79 Å². The Morgan fingerprint density at radius 1 is 1.50 bits per heavy atom. The molecule has 0 atom stereocenters. The standard InChI is InChI=1S/C8H13FO/c1-6(9)7(10)5-8(2,3)4/h1,5H2,2-4H3. The summed E-state index contributed by atoms with van der Waals surface area (Å²) >= 11 is 0. The first kappa shape index (κ1) is 9.34. The highest BCUT2D eigenvalue weighted by Gasteiger charge is 2.17. The summed E-state index contributed by atoms with van der Waals surface area (Å²) in [4.78, 5) is 10.7. The molecule has 0 aromatic heterocycles. The fraction of sp³-hybridized carbons (Fsp3) is 0.625. The summed E-state index contributed by atoms with van der Waals surface area (Å²) in [6.07, 6.45) is 0.225. The Labute approximate surface area is 60.9 Å². The van der Waals surface area contributed by atoms with Gasteiger partial charge in [-0.15, -0.1) is 0 Å². The van der Waals surface area contributed by atoms with E-state index in [-0.39, 0.29) is 11.8 Å². The van der Waals surface area contributed by atoms with Gasteiger partial charge in [-0.25, -0.2) is 4.39 Å². The number of carbonyl (C=O) groups excluding carboxylic acids is 1. The number of halogens is 1. The molecule has 10 heavy (non-hydrogen) atoms. The number of hydrogen-bond acceptors (Lipinski definition) is 1. The molecule has 2 heteroatoms. The number of ketones is 1. The van der Waals surface area contributed by atoms with Crippen molar-refractivity contribution in [2.75, 3.05) is 0 Å². The van der Waals surface area contributed by atoms with Crippen LogP contribution in [-0.2, 0) is 4.79 Å². The molecule has 0 spiro atoms. The molecule has 0 amide bonds. The van der Waals surface area contributed by atoms with Crippen LogP contribution >= 0.6 is 0 Å². The van der Waals surface area contributed by atoms with Gasteiger partial charge in [-0.05, 0) is 5.41 Å². The first-order valence-corrected chi connectivity index (χ1v) is 3.20. The first-order valence-electron chi connectivity index (χ1n) is 3.20. The molecule has 0 rings (SSSR count). The molecule has 0 aliphatic heterocycles. The number of allylic oxidation sites excluding steroid dienone is 1. The molecule has 1 nitrogen and oxygen atoms in total. The maximum absolute atomic E-state index is 12.1. The Balaban J connectivity index is 3.93. The zero-order valence-corrected chi connectivity index (χ0v) is 6.70. The van der Waals surface area contributed by atoms with Gasteiger partial charge < -0.3 is 0 Å². The minimum atomic E-state index is -0.838. The van der Waals surface area contributed by atoms with E-state index in [9.17, 15) is 9.18 Å². The molecule has 0 aromatic carbocycles. The summed E-state index contributed by atoms with van der Waals surface area (Å²) < 4.78 is 12.1. The van der Waals surface area contributed by atoms with Crippen LogP contribution in [0.3, 0.4) is 0 Å². The number of carbonyl (C=O) groups is 1. The fourth-order valence-electron chi connectivity index (χ4n) is 0.578. The van der Waals surface area contributed by atoms with Gasteiger partial charge in [0, 0.05) is 6.42 Å². The molecule has 0 aliphatic carbocycles. The highest BCUT2D eigenvalue weighted by Crippen LogP contribution is 2.20. The lowest BCUT2D eigenvalue weighted by molar-refractivity contribution is -0.118. The SMILES string of the molecule is C=C(F)C(=O)CC(C)(C)C. The van der Waals surface area contributed by atoms with Gasteiger partial charge in [-0.2, -0.15) is 0 Å². The second-order valence-electron chi connectivity index (χ2n) is 3.57. The zero-order chi connectivity index (χ0) is 8.36. The Morgan fingerprint density at radius 2 is 1.90 bits per heavy atom. The van der Waals surface area contributed by atoms with Crippen molar-refractivity contribution in [2.45, 2.75) is 27.2 Å². The minimum Gasteiger partial charge on any atom is -0.292 e. The van der Waals surface area contributed by atoms with Crippen molar-refractivity contribution in [3.05, 3.63) is 12.4 Å². The topological polar surface area (TPSA) is 17.1 Å². The van der Waals surface area contributed by atoms with Crippen LogP contribution in [-0.4, -0.2) is 5.78 Å². The molecule has 0 N–H and O–H groups in total. The molecule has 0 unspecified atom stereocenters. The molecular formula is C8H13FO. The third-order valence-electron chi connectivity index (χ3n) is 0.993. The lowest BCUT2D eigenvalue weighted by Gasteiger charge is -2.15. The van der Waals surface area contributed by atoms with E-state index in [1.165, 1.54) is 0 Å². The molecule has 0 saturated carbocycles. The van der Waals surface area contributed by atoms with E-state index >= 15 is 0 Å². The van der Waals surface area contributed by atoms with E-state index in [1.54, 1.807) is 0 Å². The average molecular weight is 144 g/mol.